The molecule has 0 aliphatic heterocycles. The number of nitrogens with one attached hydrogen (secondary N) is 3. The molecule has 0 radical (unpaired) electrons. The van der Waals surface area contributed by atoms with Crippen LogP contribution >= 0.6 is 0 Å². The van der Waals surface area contributed by atoms with Crippen LogP contribution in [0.4, 0.5) is 0 Å². The number of aryl methyl sites for hydroxylation is 2. The predicted octanol–water partition coefficient (Wildman–Crippen LogP) is 0.821. The summed E-state index contributed by atoms with van der Waals surface area (Å²) in [7, 11) is -3.67. The van der Waals surface area contributed by atoms with Gasteiger partial charge in [-0.15, -0.1) is 0 Å². The van der Waals surface area contributed by atoms with Crippen LogP contribution in [0.2, 0.25) is 0 Å². The molecule has 9 nitrogen and oxygen atoms in total. The van der Waals surface area contributed by atoms with Crippen LogP contribution in [0.5, 0.6) is 0 Å². The second-order valence-electron chi connectivity index (χ2n) is 5.02. The fourth-order valence-electron chi connectivity index (χ4n) is 1.80. The van der Waals surface area contributed by atoms with Crippen molar-refractivity contribution < 1.29 is 17.8 Å². The molecule has 10 heteroatoms. The molecule has 6 N–H and O–H groups in total. The fraction of sp³-hybridized carbons (Fsp3) is 0.214. The number of guanidine groups is 1. The molecule has 0 spiro atoms. The van der Waals surface area contributed by atoms with E-state index in [0.717, 1.165) is 11.1 Å². The van der Waals surface area contributed by atoms with Crippen molar-refractivity contribution in [1.29, 1.82) is 5.41 Å². The van der Waals surface area contributed by atoms with E-state index in [0.29, 0.717) is 23.5 Å². The van der Waals surface area contributed by atoms with Crippen molar-refractivity contribution in [2.75, 3.05) is 6.26 Å². The Kier molecular flexibility index (Phi) is 6.20. The molecule has 0 saturated heterocycles. The number of hydrogen-bond donors (Lipinski definition) is 5. The van der Waals surface area contributed by atoms with Crippen LogP contribution in [0.25, 0.3) is 11.4 Å². The fourth-order valence-corrected chi connectivity index (χ4v) is 1.80. The van der Waals surface area contributed by atoms with Gasteiger partial charge in [-0.3, -0.25) is 20.1 Å². The quantitative estimate of drug-likeness (QED) is 0.305. The first-order valence-corrected chi connectivity index (χ1v) is 8.53. The van der Waals surface area contributed by atoms with Crippen LogP contribution < -0.4 is 11.1 Å². The van der Waals surface area contributed by atoms with Gasteiger partial charge in [0.05, 0.1) is 11.9 Å². The van der Waals surface area contributed by atoms with Crippen LogP contribution in [-0.4, -0.2) is 41.1 Å². The Morgan fingerprint density at radius 2 is 1.96 bits per heavy atom. The minimum atomic E-state index is -3.67. The van der Waals surface area contributed by atoms with E-state index in [1.807, 2.05) is 31.2 Å². The molecule has 24 heavy (non-hydrogen) atoms. The maximum Gasteiger partial charge on any atom is 0.276 e. The number of nitrogens with zero attached hydrogens (tertiary/aromatic N) is 1. The van der Waals surface area contributed by atoms with Gasteiger partial charge in [0.2, 0.25) is 0 Å². The van der Waals surface area contributed by atoms with E-state index < -0.39 is 22.0 Å². The molecule has 2 rings (SSSR count). The largest absolute Gasteiger partial charge is 0.370 e. The summed E-state index contributed by atoms with van der Waals surface area (Å²) in [5, 5.41) is 9.28. The zero-order chi connectivity index (χ0) is 18.5. The highest BCUT2D eigenvalue weighted by molar-refractivity contribution is 7.85. The number of H-pyrrole nitrogens is 1. The van der Waals surface area contributed by atoms with E-state index >= 15 is 0 Å². The normalized spacial score (nSPS) is 10.5. The molecule has 1 heterocycles. The highest BCUT2D eigenvalue weighted by Gasteiger charge is 2.15. The zero-order valence-corrected chi connectivity index (χ0v) is 14.2. The lowest BCUT2D eigenvalue weighted by molar-refractivity contribution is 0.0971. The third-order valence-corrected chi connectivity index (χ3v) is 2.65. The lowest BCUT2D eigenvalue weighted by Gasteiger charge is -2.00. The number of carbonyl (C=O) groups is 1. The summed E-state index contributed by atoms with van der Waals surface area (Å²) in [4.78, 5) is 19.1. The summed E-state index contributed by atoms with van der Waals surface area (Å²) in [6, 6.07) is 7.81. The van der Waals surface area contributed by atoms with Gasteiger partial charge in [0.1, 0.15) is 11.5 Å². The molecular weight excluding hydrogens is 334 g/mol. The summed E-state index contributed by atoms with van der Waals surface area (Å²) >= 11 is 0. The number of hydrogen-bond acceptors (Lipinski definition) is 5. The SMILES string of the molecule is CS(=O)(=O)O.Cc1cccc(-c2nc(C)c(C(=O)NC(=N)N)[nH]2)c1. The average Bonchev–Trinajstić information content (AvgIpc) is 2.78. The monoisotopic (exact) mass is 353 g/mol. The first-order valence-electron chi connectivity index (χ1n) is 6.69. The van der Waals surface area contributed by atoms with E-state index in [9.17, 15) is 13.2 Å². The van der Waals surface area contributed by atoms with Crippen LogP contribution in [0.15, 0.2) is 24.3 Å². The molecular formula is C14H19N5O4S. The van der Waals surface area contributed by atoms with Crippen molar-refractivity contribution in [3.05, 3.63) is 41.2 Å². The number of amides is 1. The van der Waals surface area contributed by atoms with Gasteiger partial charge < -0.3 is 10.7 Å². The van der Waals surface area contributed by atoms with Gasteiger partial charge in [0.25, 0.3) is 16.0 Å². The second-order valence-corrected chi connectivity index (χ2v) is 6.48. The number of carbonyl (C=O) groups excluding carboxylic acids is 1. The molecule has 0 fully saturated rings. The Bertz CT molecular complexity index is 850. The molecule has 0 aliphatic carbocycles. The summed E-state index contributed by atoms with van der Waals surface area (Å²) in [5.74, 6) is -0.234. The molecule has 1 aromatic carbocycles. The number of imidazole rings is 1. The van der Waals surface area contributed by atoms with Crippen molar-refractivity contribution in [2.24, 2.45) is 5.73 Å². The van der Waals surface area contributed by atoms with Crippen molar-refractivity contribution in [2.45, 2.75) is 13.8 Å². The van der Waals surface area contributed by atoms with Crippen LogP contribution in [0, 0.1) is 19.3 Å². The second kappa shape index (κ2) is 7.70. The Hall–Kier alpha value is -2.72. The van der Waals surface area contributed by atoms with Gasteiger partial charge in [0.15, 0.2) is 5.96 Å². The van der Waals surface area contributed by atoms with Gasteiger partial charge in [-0.2, -0.15) is 8.42 Å². The van der Waals surface area contributed by atoms with Gasteiger partial charge in [0, 0.05) is 5.56 Å². The molecule has 0 unspecified atom stereocenters. The molecule has 0 aliphatic rings. The maximum atomic E-state index is 11.8. The van der Waals surface area contributed by atoms with Gasteiger partial charge in [-0.1, -0.05) is 23.8 Å². The van der Waals surface area contributed by atoms with Gasteiger partial charge >= 0.3 is 0 Å². The summed E-state index contributed by atoms with van der Waals surface area (Å²) in [5.41, 5.74) is 8.03. The summed E-state index contributed by atoms with van der Waals surface area (Å²) < 4.78 is 25.9. The topological polar surface area (TPSA) is 162 Å². The van der Waals surface area contributed by atoms with Crippen LogP contribution in [0.3, 0.4) is 0 Å². The Morgan fingerprint density at radius 3 is 2.46 bits per heavy atom. The van der Waals surface area contributed by atoms with Crippen molar-refractivity contribution in [1.82, 2.24) is 15.3 Å². The minimum Gasteiger partial charge on any atom is -0.370 e. The van der Waals surface area contributed by atoms with Crippen molar-refractivity contribution in [3.8, 4) is 11.4 Å². The molecule has 2 aromatic rings. The molecule has 0 saturated carbocycles. The average molecular weight is 353 g/mol. The first-order chi connectivity index (χ1) is 11.0. The molecule has 0 bridgehead atoms. The van der Waals surface area contributed by atoms with Crippen molar-refractivity contribution >= 4 is 22.0 Å². The first kappa shape index (κ1) is 19.3. The van der Waals surface area contributed by atoms with E-state index in [-0.39, 0.29) is 0 Å². The molecule has 0 atom stereocenters. The van der Waals surface area contributed by atoms with Crippen molar-refractivity contribution in [3.63, 3.8) is 0 Å². The lowest BCUT2D eigenvalue weighted by atomic mass is 10.1. The third kappa shape index (κ3) is 6.58. The van der Waals surface area contributed by atoms with Crippen LogP contribution in [-0.2, 0) is 10.1 Å². The van der Waals surface area contributed by atoms with Crippen LogP contribution in [0.1, 0.15) is 21.7 Å². The highest BCUT2D eigenvalue weighted by Crippen LogP contribution is 2.19. The van der Waals surface area contributed by atoms with E-state index in [1.165, 1.54) is 0 Å². The minimum absolute atomic E-state index is 0.312. The lowest BCUT2D eigenvalue weighted by Crippen LogP contribution is -2.36. The number of aromatic amines is 1. The number of rotatable bonds is 2. The molecule has 130 valence electrons. The number of aromatic nitrogens is 2. The number of nitrogens with two attached hydrogens (primary N) is 1. The molecule has 1 amide bonds. The maximum absolute atomic E-state index is 11.8. The third-order valence-electron chi connectivity index (χ3n) is 2.65. The Labute approximate surface area is 139 Å². The van der Waals surface area contributed by atoms with E-state index in [1.54, 1.807) is 6.92 Å². The number of benzene rings is 1. The predicted molar refractivity (Wildman–Crippen MR) is 90.4 cm³/mol. The highest BCUT2D eigenvalue weighted by atomic mass is 32.2. The smallest absolute Gasteiger partial charge is 0.276 e. The van der Waals surface area contributed by atoms with E-state index in [4.69, 9.17) is 15.7 Å². The zero-order valence-electron chi connectivity index (χ0n) is 13.4. The summed E-state index contributed by atoms with van der Waals surface area (Å²) in [6.45, 7) is 3.72. The standard InChI is InChI=1S/C13H15N5O.CH4O3S/c1-7-4-3-5-9(6-7)11-16-8(2)10(17-11)12(19)18-13(14)15;1-5(2,3)4/h3-6H,1-2H3,(H,16,17)(H4,14,15,18,19);1H3,(H,2,3,4). The Balaban J connectivity index is 0.000000505. The van der Waals surface area contributed by atoms with E-state index in [2.05, 4.69) is 15.3 Å². The van der Waals surface area contributed by atoms with Gasteiger partial charge in [-0.25, -0.2) is 4.98 Å². The molecule has 1 aromatic heterocycles. The Morgan fingerprint density at radius 1 is 1.38 bits per heavy atom. The van der Waals surface area contributed by atoms with Gasteiger partial charge in [-0.05, 0) is 19.9 Å². The summed E-state index contributed by atoms with van der Waals surface area (Å²) in [6.07, 6.45) is 0.715.